The fourth-order valence-electron chi connectivity index (χ4n) is 2.51. The summed E-state index contributed by atoms with van der Waals surface area (Å²) in [6.07, 6.45) is 1.77. The summed E-state index contributed by atoms with van der Waals surface area (Å²) in [6, 6.07) is 13.7. The molecule has 0 aliphatic heterocycles. The van der Waals surface area contributed by atoms with Crippen LogP contribution in [0.2, 0.25) is 0 Å². The Labute approximate surface area is 119 Å². The highest BCUT2D eigenvalue weighted by Crippen LogP contribution is 2.22. The van der Waals surface area contributed by atoms with Gasteiger partial charge >= 0.3 is 5.69 Å². The zero-order chi connectivity index (χ0) is 14.2. The van der Waals surface area contributed by atoms with Crippen molar-refractivity contribution in [2.75, 3.05) is 5.32 Å². The predicted molar refractivity (Wildman–Crippen MR) is 82.5 cm³/mol. The number of benzene rings is 2. The number of hydrogen-bond donors (Lipinski definition) is 3. The average molecular weight is 279 g/mol. The van der Waals surface area contributed by atoms with E-state index in [1.54, 1.807) is 6.26 Å². The van der Waals surface area contributed by atoms with Crippen LogP contribution in [-0.4, -0.2) is 9.97 Å². The van der Waals surface area contributed by atoms with Gasteiger partial charge in [0.05, 0.1) is 17.3 Å². The minimum absolute atomic E-state index is 0.192. The molecule has 21 heavy (non-hydrogen) atoms. The van der Waals surface area contributed by atoms with Crippen LogP contribution in [0.25, 0.3) is 22.0 Å². The van der Waals surface area contributed by atoms with Gasteiger partial charge in [0, 0.05) is 23.2 Å². The van der Waals surface area contributed by atoms with Crippen LogP contribution in [0.1, 0.15) is 5.56 Å². The molecule has 4 rings (SSSR count). The SMILES string of the molecule is O=c1[nH]c2ccc(NCc3coc4ccccc34)cc2[nH]1. The number of fused-ring (bicyclic) bond motifs is 2. The van der Waals surface area contributed by atoms with Gasteiger partial charge in [-0.3, -0.25) is 0 Å². The summed E-state index contributed by atoms with van der Waals surface area (Å²) in [5, 5.41) is 4.46. The molecule has 0 unspecified atom stereocenters. The average Bonchev–Trinajstić information content (AvgIpc) is 3.07. The Morgan fingerprint density at radius 2 is 1.90 bits per heavy atom. The lowest BCUT2D eigenvalue weighted by Gasteiger charge is -2.05. The van der Waals surface area contributed by atoms with E-state index in [2.05, 4.69) is 15.3 Å². The van der Waals surface area contributed by atoms with Crippen LogP contribution < -0.4 is 11.0 Å². The smallest absolute Gasteiger partial charge is 0.323 e. The number of hydrogen-bond acceptors (Lipinski definition) is 3. The summed E-state index contributed by atoms with van der Waals surface area (Å²) in [4.78, 5) is 16.7. The Balaban J connectivity index is 1.61. The first kappa shape index (κ1) is 11.8. The van der Waals surface area contributed by atoms with Gasteiger partial charge in [-0.2, -0.15) is 0 Å². The van der Waals surface area contributed by atoms with Crippen LogP contribution in [-0.2, 0) is 6.54 Å². The number of imidazole rings is 1. The number of rotatable bonds is 3. The number of anilines is 1. The monoisotopic (exact) mass is 279 g/mol. The fraction of sp³-hybridized carbons (Fsp3) is 0.0625. The van der Waals surface area contributed by atoms with Crippen LogP contribution in [0.15, 0.2) is 57.9 Å². The number of aromatic nitrogens is 2. The molecule has 2 heterocycles. The first-order chi connectivity index (χ1) is 10.3. The number of furan rings is 1. The Bertz CT molecular complexity index is 978. The molecule has 0 bridgehead atoms. The summed E-state index contributed by atoms with van der Waals surface area (Å²) in [5.74, 6) is 0. The Hall–Kier alpha value is -2.95. The standard InChI is InChI=1S/C16H13N3O2/c20-16-18-13-6-5-11(7-14(13)19-16)17-8-10-9-21-15-4-2-1-3-12(10)15/h1-7,9,17H,8H2,(H2,18,19,20). The van der Waals surface area contributed by atoms with Gasteiger partial charge in [-0.15, -0.1) is 0 Å². The summed E-state index contributed by atoms with van der Waals surface area (Å²) < 4.78 is 5.52. The molecule has 0 saturated carbocycles. The molecule has 4 aromatic rings. The highest BCUT2D eigenvalue weighted by atomic mass is 16.3. The van der Waals surface area contributed by atoms with Crippen molar-refractivity contribution in [2.45, 2.75) is 6.54 Å². The van der Waals surface area contributed by atoms with Crippen LogP contribution >= 0.6 is 0 Å². The molecule has 0 amide bonds. The van der Waals surface area contributed by atoms with Crippen molar-refractivity contribution in [2.24, 2.45) is 0 Å². The van der Waals surface area contributed by atoms with Crippen molar-refractivity contribution in [3.63, 3.8) is 0 Å². The van der Waals surface area contributed by atoms with Crippen LogP contribution in [0.5, 0.6) is 0 Å². The fourth-order valence-corrected chi connectivity index (χ4v) is 2.51. The first-order valence-corrected chi connectivity index (χ1v) is 6.71. The van der Waals surface area contributed by atoms with Gasteiger partial charge in [0.1, 0.15) is 5.58 Å². The summed E-state index contributed by atoms with van der Waals surface area (Å²) in [5.41, 5.74) is 4.35. The van der Waals surface area contributed by atoms with E-state index in [1.807, 2.05) is 42.5 Å². The van der Waals surface area contributed by atoms with Crippen molar-refractivity contribution < 1.29 is 4.42 Å². The molecule has 0 saturated heterocycles. The Kier molecular flexibility index (Phi) is 2.57. The molecular weight excluding hydrogens is 266 g/mol. The van der Waals surface area contributed by atoms with E-state index < -0.39 is 0 Å². The molecule has 2 aromatic carbocycles. The second-order valence-corrected chi connectivity index (χ2v) is 4.95. The minimum Gasteiger partial charge on any atom is -0.464 e. The lowest BCUT2D eigenvalue weighted by atomic mass is 10.2. The molecular formula is C16H13N3O2. The third-order valence-electron chi connectivity index (χ3n) is 3.56. The maximum absolute atomic E-state index is 11.2. The Morgan fingerprint density at radius 1 is 1.05 bits per heavy atom. The van der Waals surface area contributed by atoms with Gasteiger partial charge in [0.2, 0.25) is 0 Å². The van der Waals surface area contributed by atoms with Gasteiger partial charge < -0.3 is 19.7 Å². The molecule has 0 atom stereocenters. The van der Waals surface area contributed by atoms with Crippen molar-refractivity contribution in [1.29, 1.82) is 0 Å². The van der Waals surface area contributed by atoms with E-state index in [1.165, 1.54) is 0 Å². The molecule has 104 valence electrons. The topological polar surface area (TPSA) is 73.8 Å². The molecule has 0 aliphatic carbocycles. The highest BCUT2D eigenvalue weighted by molar-refractivity contribution is 5.82. The summed E-state index contributed by atoms with van der Waals surface area (Å²) in [7, 11) is 0. The van der Waals surface area contributed by atoms with Crippen molar-refractivity contribution in [3.05, 3.63) is 64.8 Å². The van der Waals surface area contributed by atoms with Crippen molar-refractivity contribution in [3.8, 4) is 0 Å². The zero-order valence-corrected chi connectivity index (χ0v) is 11.1. The lowest BCUT2D eigenvalue weighted by Crippen LogP contribution is -1.99. The quantitative estimate of drug-likeness (QED) is 0.539. The van der Waals surface area contributed by atoms with E-state index in [-0.39, 0.29) is 5.69 Å². The minimum atomic E-state index is -0.192. The van der Waals surface area contributed by atoms with Gasteiger partial charge in [0.25, 0.3) is 0 Å². The Morgan fingerprint density at radius 3 is 2.86 bits per heavy atom. The van der Waals surface area contributed by atoms with Crippen molar-refractivity contribution in [1.82, 2.24) is 9.97 Å². The van der Waals surface area contributed by atoms with Crippen LogP contribution in [0.4, 0.5) is 5.69 Å². The third kappa shape index (κ3) is 2.08. The number of nitrogens with one attached hydrogen (secondary N) is 3. The normalized spacial score (nSPS) is 11.2. The number of aromatic amines is 2. The molecule has 0 spiro atoms. The number of H-pyrrole nitrogens is 2. The summed E-state index contributed by atoms with van der Waals surface area (Å²) >= 11 is 0. The van der Waals surface area contributed by atoms with E-state index in [4.69, 9.17) is 4.42 Å². The van der Waals surface area contributed by atoms with E-state index >= 15 is 0 Å². The lowest BCUT2D eigenvalue weighted by molar-refractivity contribution is 0.611. The van der Waals surface area contributed by atoms with Crippen molar-refractivity contribution >= 4 is 27.7 Å². The largest absolute Gasteiger partial charge is 0.464 e. The van der Waals surface area contributed by atoms with E-state index in [9.17, 15) is 4.79 Å². The van der Waals surface area contributed by atoms with E-state index in [0.29, 0.717) is 6.54 Å². The van der Waals surface area contributed by atoms with Gasteiger partial charge in [-0.1, -0.05) is 18.2 Å². The van der Waals surface area contributed by atoms with Crippen LogP contribution in [0, 0.1) is 0 Å². The van der Waals surface area contributed by atoms with E-state index in [0.717, 1.165) is 33.3 Å². The zero-order valence-electron chi connectivity index (χ0n) is 11.1. The maximum atomic E-state index is 11.2. The highest BCUT2D eigenvalue weighted by Gasteiger charge is 2.05. The molecule has 0 radical (unpaired) electrons. The summed E-state index contributed by atoms with van der Waals surface area (Å²) in [6.45, 7) is 0.664. The second kappa shape index (κ2) is 4.56. The third-order valence-corrected chi connectivity index (χ3v) is 3.56. The second-order valence-electron chi connectivity index (χ2n) is 4.95. The van der Waals surface area contributed by atoms with Gasteiger partial charge in [-0.25, -0.2) is 4.79 Å². The maximum Gasteiger partial charge on any atom is 0.323 e. The molecule has 0 fully saturated rings. The van der Waals surface area contributed by atoms with Crippen LogP contribution in [0.3, 0.4) is 0 Å². The van der Waals surface area contributed by atoms with Gasteiger partial charge in [-0.05, 0) is 24.3 Å². The molecule has 3 N–H and O–H groups in total. The molecule has 0 aliphatic rings. The first-order valence-electron chi connectivity index (χ1n) is 6.71. The number of para-hydroxylation sites is 1. The molecule has 5 nitrogen and oxygen atoms in total. The molecule has 2 aromatic heterocycles. The molecule has 5 heteroatoms. The predicted octanol–water partition coefficient (Wildman–Crippen LogP) is 3.21. The van der Waals surface area contributed by atoms with Gasteiger partial charge in [0.15, 0.2) is 0 Å².